The number of hydrogen-bond donors (Lipinski definition) is 1. The van der Waals surface area contributed by atoms with Crippen molar-refractivity contribution in [2.24, 2.45) is 0 Å². The van der Waals surface area contributed by atoms with Crippen LogP contribution in [0, 0.1) is 0 Å². The van der Waals surface area contributed by atoms with Gasteiger partial charge in [0, 0.05) is 17.4 Å². The lowest BCUT2D eigenvalue weighted by Crippen LogP contribution is -2.35. The number of ether oxygens (including phenoxy) is 1. The van der Waals surface area contributed by atoms with E-state index >= 15 is 0 Å². The van der Waals surface area contributed by atoms with E-state index in [1.165, 1.54) is 32.1 Å². The lowest BCUT2D eigenvalue weighted by Gasteiger charge is -2.36. The van der Waals surface area contributed by atoms with Gasteiger partial charge in [0.1, 0.15) is 5.82 Å². The number of nitrogens with one attached hydrogen (secondary N) is 1. The van der Waals surface area contributed by atoms with Gasteiger partial charge in [0.2, 0.25) is 5.88 Å². The Morgan fingerprint density at radius 3 is 2.78 bits per heavy atom. The predicted octanol–water partition coefficient (Wildman–Crippen LogP) is 3.57. The van der Waals surface area contributed by atoms with Gasteiger partial charge in [0.25, 0.3) is 0 Å². The van der Waals surface area contributed by atoms with Crippen LogP contribution >= 0.6 is 11.8 Å². The summed E-state index contributed by atoms with van der Waals surface area (Å²) in [6.45, 7) is 0.994. The Morgan fingerprint density at radius 2 is 2.11 bits per heavy atom. The number of aromatic nitrogens is 1. The maximum atomic E-state index is 5.14. The van der Waals surface area contributed by atoms with Crippen LogP contribution in [0.2, 0.25) is 0 Å². The molecule has 0 spiro atoms. The smallest absolute Gasteiger partial charge is 0.214 e. The average Bonchev–Trinajstić information content (AvgIpc) is 2.46. The second kappa shape index (κ2) is 6.32. The Hall–Kier alpha value is -0.900. The highest BCUT2D eigenvalue weighted by atomic mass is 32.2. The molecule has 0 radical (unpaired) electrons. The molecule has 1 saturated carbocycles. The topological polar surface area (TPSA) is 34.1 Å². The monoisotopic (exact) mass is 266 g/mol. The maximum absolute atomic E-state index is 5.14. The largest absolute Gasteiger partial charge is 0.481 e. The summed E-state index contributed by atoms with van der Waals surface area (Å²) >= 11 is 2.00. The van der Waals surface area contributed by atoms with Crippen LogP contribution in [0.5, 0.6) is 5.88 Å². The minimum atomic E-state index is 0.392. The molecule has 0 aliphatic heterocycles. The van der Waals surface area contributed by atoms with Gasteiger partial charge in [-0.05, 0) is 25.2 Å². The number of pyridine rings is 1. The number of nitrogens with zero attached hydrogens (tertiary/aromatic N) is 1. The SMILES string of the molecule is COc1cccc(NCC2(SC)CCCCC2)n1. The number of thioether (sulfide) groups is 1. The van der Waals surface area contributed by atoms with Crippen LogP contribution in [0.15, 0.2) is 18.2 Å². The van der Waals surface area contributed by atoms with E-state index in [-0.39, 0.29) is 0 Å². The lowest BCUT2D eigenvalue weighted by molar-refractivity contribution is 0.397. The summed E-state index contributed by atoms with van der Waals surface area (Å²) in [6.07, 6.45) is 8.95. The van der Waals surface area contributed by atoms with Crippen molar-refractivity contribution in [3.05, 3.63) is 18.2 Å². The molecule has 1 N–H and O–H groups in total. The average molecular weight is 266 g/mol. The van der Waals surface area contributed by atoms with Crippen molar-refractivity contribution < 1.29 is 4.74 Å². The van der Waals surface area contributed by atoms with Crippen LogP contribution in [-0.2, 0) is 0 Å². The molecule has 0 atom stereocenters. The number of rotatable bonds is 5. The molecule has 1 fully saturated rings. The van der Waals surface area contributed by atoms with Gasteiger partial charge in [0.15, 0.2) is 0 Å². The van der Waals surface area contributed by atoms with Crippen LogP contribution in [0.25, 0.3) is 0 Å². The quantitative estimate of drug-likeness (QED) is 0.883. The maximum Gasteiger partial charge on any atom is 0.214 e. The standard InChI is InChI=1S/C14H22N2OS/c1-17-13-8-6-7-12(16-13)15-11-14(18-2)9-4-3-5-10-14/h6-8H,3-5,9-11H2,1-2H3,(H,15,16). The molecule has 0 bridgehead atoms. The van der Waals surface area contributed by atoms with Crippen molar-refractivity contribution in [3.63, 3.8) is 0 Å². The van der Waals surface area contributed by atoms with Crippen molar-refractivity contribution in [3.8, 4) is 5.88 Å². The highest BCUT2D eigenvalue weighted by molar-refractivity contribution is 8.00. The molecular weight excluding hydrogens is 244 g/mol. The van der Waals surface area contributed by atoms with Crippen LogP contribution in [0.3, 0.4) is 0 Å². The van der Waals surface area contributed by atoms with E-state index in [0.29, 0.717) is 10.6 Å². The lowest BCUT2D eigenvalue weighted by atomic mass is 9.88. The molecule has 1 aromatic heterocycles. The fraction of sp³-hybridized carbons (Fsp3) is 0.643. The molecule has 0 unspecified atom stereocenters. The van der Waals surface area contributed by atoms with Gasteiger partial charge in [-0.2, -0.15) is 16.7 Å². The predicted molar refractivity (Wildman–Crippen MR) is 78.6 cm³/mol. The van der Waals surface area contributed by atoms with E-state index in [4.69, 9.17) is 4.74 Å². The molecule has 1 aliphatic rings. The van der Waals surface area contributed by atoms with Crippen molar-refractivity contribution in [1.82, 2.24) is 4.98 Å². The molecule has 0 amide bonds. The summed E-state index contributed by atoms with van der Waals surface area (Å²) in [5.41, 5.74) is 0. The normalized spacial score (nSPS) is 18.3. The summed E-state index contributed by atoms with van der Waals surface area (Å²) in [6, 6.07) is 5.84. The summed E-state index contributed by atoms with van der Waals surface area (Å²) in [5.74, 6) is 1.58. The summed E-state index contributed by atoms with van der Waals surface area (Å²) in [4.78, 5) is 4.40. The second-order valence-electron chi connectivity index (χ2n) is 4.87. The van der Waals surface area contributed by atoms with Gasteiger partial charge in [0.05, 0.1) is 7.11 Å². The number of methoxy groups -OCH3 is 1. The first kappa shape index (κ1) is 13.5. The highest BCUT2D eigenvalue weighted by Gasteiger charge is 2.30. The zero-order valence-corrected chi connectivity index (χ0v) is 12.1. The second-order valence-corrected chi connectivity index (χ2v) is 6.14. The third-order valence-corrected chi connectivity index (χ3v) is 5.14. The molecule has 2 rings (SSSR count). The van der Waals surface area contributed by atoms with E-state index < -0.39 is 0 Å². The fourth-order valence-corrected chi connectivity index (χ4v) is 3.44. The van der Waals surface area contributed by atoms with E-state index in [0.717, 1.165) is 12.4 Å². The molecule has 3 nitrogen and oxygen atoms in total. The fourth-order valence-electron chi connectivity index (χ4n) is 2.53. The van der Waals surface area contributed by atoms with Crippen LogP contribution < -0.4 is 10.1 Å². The van der Waals surface area contributed by atoms with Crippen LogP contribution in [-0.4, -0.2) is 29.6 Å². The minimum Gasteiger partial charge on any atom is -0.481 e. The van der Waals surface area contributed by atoms with E-state index in [9.17, 15) is 0 Å². The van der Waals surface area contributed by atoms with Gasteiger partial charge in [-0.25, -0.2) is 0 Å². The Balaban J connectivity index is 1.96. The number of hydrogen-bond acceptors (Lipinski definition) is 4. The van der Waals surface area contributed by atoms with Gasteiger partial charge in [-0.3, -0.25) is 0 Å². The highest BCUT2D eigenvalue weighted by Crippen LogP contribution is 2.38. The molecule has 18 heavy (non-hydrogen) atoms. The Bertz CT molecular complexity index is 378. The Labute approximate surface area is 114 Å². The summed E-state index contributed by atoms with van der Waals surface area (Å²) in [7, 11) is 1.65. The van der Waals surface area contributed by atoms with Gasteiger partial charge in [-0.1, -0.05) is 25.3 Å². The Kier molecular flexibility index (Phi) is 4.75. The summed E-state index contributed by atoms with van der Waals surface area (Å²) in [5, 5.41) is 3.47. The van der Waals surface area contributed by atoms with E-state index in [1.807, 2.05) is 30.0 Å². The van der Waals surface area contributed by atoms with Crippen molar-refractivity contribution >= 4 is 17.6 Å². The Morgan fingerprint density at radius 1 is 1.33 bits per heavy atom. The molecular formula is C14H22N2OS. The zero-order chi connectivity index (χ0) is 12.8. The van der Waals surface area contributed by atoms with Gasteiger partial charge >= 0.3 is 0 Å². The first-order valence-electron chi connectivity index (χ1n) is 6.58. The van der Waals surface area contributed by atoms with Gasteiger partial charge < -0.3 is 10.1 Å². The molecule has 4 heteroatoms. The summed E-state index contributed by atoms with van der Waals surface area (Å²) < 4.78 is 5.53. The zero-order valence-electron chi connectivity index (χ0n) is 11.2. The van der Waals surface area contributed by atoms with Crippen molar-refractivity contribution in [1.29, 1.82) is 0 Å². The third kappa shape index (κ3) is 3.31. The first-order valence-corrected chi connectivity index (χ1v) is 7.80. The molecule has 1 heterocycles. The molecule has 100 valence electrons. The first-order chi connectivity index (χ1) is 8.78. The molecule has 0 aromatic carbocycles. The minimum absolute atomic E-state index is 0.392. The van der Waals surface area contributed by atoms with Gasteiger partial charge in [-0.15, -0.1) is 0 Å². The molecule has 1 aromatic rings. The van der Waals surface area contributed by atoms with Crippen molar-refractivity contribution in [2.45, 2.75) is 36.9 Å². The van der Waals surface area contributed by atoms with Crippen LogP contribution in [0.4, 0.5) is 5.82 Å². The third-order valence-electron chi connectivity index (χ3n) is 3.72. The molecule has 1 aliphatic carbocycles. The van der Waals surface area contributed by atoms with E-state index in [2.05, 4.69) is 16.6 Å². The number of anilines is 1. The molecule has 0 saturated heterocycles. The van der Waals surface area contributed by atoms with E-state index in [1.54, 1.807) is 7.11 Å². The van der Waals surface area contributed by atoms with Crippen LogP contribution in [0.1, 0.15) is 32.1 Å². The van der Waals surface area contributed by atoms with Crippen molar-refractivity contribution in [2.75, 3.05) is 25.2 Å².